The minimum atomic E-state index is -3.35. The van der Waals surface area contributed by atoms with Gasteiger partial charge in [0.25, 0.3) is 0 Å². The number of hydrogen-bond acceptors (Lipinski definition) is 6. The molecule has 0 aliphatic carbocycles. The number of nitrogens with zero attached hydrogens (tertiary/aromatic N) is 2. The molecule has 0 aliphatic heterocycles. The second-order valence-electron chi connectivity index (χ2n) is 13.3. The van der Waals surface area contributed by atoms with Gasteiger partial charge in [-0.25, -0.2) is 18.2 Å². The van der Waals surface area contributed by atoms with E-state index in [2.05, 4.69) is 47.1 Å². The standard InChI is InChI=1S/C40H47N3O4S/c1-6-8-18-38-42-35-24-23-32(41-27-31-14-10-13-17-37(31)48(45,46)25-9-7-2)26-36(35)43(38)28-29-19-21-30(22-20-29)33-15-11-12-16-34(33)39(44)47-40(3,4)5/h10-17,19-24,26,41H,6-9,18,25,27-28H2,1-5H3. The van der Waals surface area contributed by atoms with E-state index in [9.17, 15) is 13.2 Å². The third kappa shape index (κ3) is 8.53. The number of anilines is 1. The van der Waals surface area contributed by atoms with Gasteiger partial charge in [-0.2, -0.15) is 0 Å². The summed E-state index contributed by atoms with van der Waals surface area (Å²) in [5.41, 5.74) is 6.49. The van der Waals surface area contributed by atoms with Gasteiger partial charge in [-0.15, -0.1) is 0 Å². The SMILES string of the molecule is CCCCc1nc2ccc(NCc3ccccc3S(=O)(=O)CCCC)cc2n1Cc1ccc(-c2ccccc2C(=O)OC(C)(C)C)cc1. The Labute approximate surface area is 285 Å². The summed E-state index contributed by atoms with van der Waals surface area (Å²) in [5, 5.41) is 3.48. The maximum Gasteiger partial charge on any atom is 0.339 e. The first-order valence-corrected chi connectivity index (χ1v) is 18.6. The van der Waals surface area contributed by atoms with Gasteiger partial charge in [0.05, 0.1) is 27.2 Å². The van der Waals surface area contributed by atoms with Crippen molar-refractivity contribution >= 4 is 32.5 Å². The maximum atomic E-state index is 13.0. The van der Waals surface area contributed by atoms with Crippen LogP contribution in [0.15, 0.2) is 95.9 Å². The lowest BCUT2D eigenvalue weighted by atomic mass is 9.98. The van der Waals surface area contributed by atoms with Crippen molar-refractivity contribution in [2.75, 3.05) is 11.1 Å². The Morgan fingerprint density at radius 1 is 0.875 bits per heavy atom. The van der Waals surface area contributed by atoms with Crippen LogP contribution in [0.5, 0.6) is 0 Å². The number of nitrogens with one attached hydrogen (secondary N) is 1. The maximum absolute atomic E-state index is 13.0. The highest BCUT2D eigenvalue weighted by atomic mass is 32.2. The Morgan fingerprint density at radius 3 is 2.31 bits per heavy atom. The van der Waals surface area contributed by atoms with E-state index in [1.165, 1.54) is 0 Å². The van der Waals surface area contributed by atoms with Gasteiger partial charge in [0.2, 0.25) is 0 Å². The molecule has 0 amide bonds. The lowest BCUT2D eigenvalue weighted by Gasteiger charge is -2.20. The van der Waals surface area contributed by atoms with E-state index < -0.39 is 15.4 Å². The topological polar surface area (TPSA) is 90.3 Å². The fourth-order valence-electron chi connectivity index (χ4n) is 5.80. The van der Waals surface area contributed by atoms with Gasteiger partial charge >= 0.3 is 5.97 Å². The summed E-state index contributed by atoms with van der Waals surface area (Å²) in [5.74, 6) is 0.859. The van der Waals surface area contributed by atoms with Crippen LogP contribution in [0, 0.1) is 0 Å². The zero-order valence-electron chi connectivity index (χ0n) is 28.8. The summed E-state index contributed by atoms with van der Waals surface area (Å²) in [6, 6.07) is 29.3. The van der Waals surface area contributed by atoms with Crippen molar-refractivity contribution in [1.82, 2.24) is 9.55 Å². The van der Waals surface area contributed by atoms with Gasteiger partial charge in [0.1, 0.15) is 11.4 Å². The lowest BCUT2D eigenvalue weighted by molar-refractivity contribution is 0.00704. The fraction of sp³-hybridized carbons (Fsp3) is 0.350. The molecule has 0 unspecified atom stereocenters. The van der Waals surface area contributed by atoms with E-state index in [1.54, 1.807) is 12.1 Å². The molecular formula is C40H47N3O4S. The van der Waals surface area contributed by atoms with Gasteiger partial charge < -0.3 is 14.6 Å². The molecule has 0 bridgehead atoms. The Bertz CT molecular complexity index is 1970. The Balaban J connectivity index is 1.41. The molecule has 0 fully saturated rings. The minimum absolute atomic E-state index is 0.156. The molecule has 0 aliphatic rings. The molecular weight excluding hydrogens is 619 g/mol. The number of ether oxygens (including phenoxy) is 1. The van der Waals surface area contributed by atoms with Crippen molar-refractivity contribution in [3.8, 4) is 11.1 Å². The number of hydrogen-bond donors (Lipinski definition) is 1. The molecule has 0 saturated heterocycles. The number of rotatable bonds is 14. The summed E-state index contributed by atoms with van der Waals surface area (Å²) in [7, 11) is -3.35. The second kappa shape index (κ2) is 15.2. The van der Waals surface area contributed by atoms with Gasteiger partial charge in [0, 0.05) is 25.2 Å². The Morgan fingerprint density at radius 2 is 1.58 bits per heavy atom. The zero-order valence-corrected chi connectivity index (χ0v) is 29.6. The van der Waals surface area contributed by atoms with Crippen molar-refractivity contribution in [2.24, 2.45) is 0 Å². The Hall–Kier alpha value is -4.43. The molecule has 0 spiro atoms. The van der Waals surface area contributed by atoms with Crippen LogP contribution in [0.4, 0.5) is 5.69 Å². The average Bonchev–Trinajstić information content (AvgIpc) is 3.41. The first kappa shape index (κ1) is 34.9. The fourth-order valence-corrected chi connectivity index (χ4v) is 7.51. The van der Waals surface area contributed by atoms with Gasteiger partial charge in [-0.1, -0.05) is 87.4 Å². The number of esters is 1. The molecule has 0 radical (unpaired) electrons. The minimum Gasteiger partial charge on any atom is -0.456 e. The highest BCUT2D eigenvalue weighted by Gasteiger charge is 2.21. The van der Waals surface area contributed by atoms with E-state index in [4.69, 9.17) is 9.72 Å². The lowest BCUT2D eigenvalue weighted by Crippen LogP contribution is -2.24. The third-order valence-electron chi connectivity index (χ3n) is 8.29. The summed E-state index contributed by atoms with van der Waals surface area (Å²) < 4.78 is 34.0. The predicted molar refractivity (Wildman–Crippen MR) is 195 cm³/mol. The summed E-state index contributed by atoms with van der Waals surface area (Å²) in [4.78, 5) is 18.4. The van der Waals surface area contributed by atoms with E-state index in [0.29, 0.717) is 30.0 Å². The van der Waals surface area contributed by atoms with Crippen LogP contribution in [0.1, 0.15) is 87.6 Å². The number of imidazole rings is 1. The van der Waals surface area contributed by atoms with Crippen LogP contribution in [-0.2, 0) is 34.1 Å². The van der Waals surface area contributed by atoms with Crippen molar-refractivity contribution in [3.63, 3.8) is 0 Å². The first-order chi connectivity index (χ1) is 23.0. The quantitative estimate of drug-likeness (QED) is 0.119. The first-order valence-electron chi connectivity index (χ1n) is 16.9. The molecule has 5 aromatic rings. The largest absolute Gasteiger partial charge is 0.456 e. The molecule has 1 heterocycles. The normalized spacial score (nSPS) is 11.9. The summed E-state index contributed by atoms with van der Waals surface area (Å²) in [6.07, 6.45) is 4.46. The zero-order chi connectivity index (χ0) is 34.3. The number of unbranched alkanes of at least 4 members (excludes halogenated alkanes) is 2. The molecule has 1 aromatic heterocycles. The predicted octanol–water partition coefficient (Wildman–Crippen LogP) is 9.24. The van der Waals surface area contributed by atoms with Crippen LogP contribution in [-0.4, -0.2) is 35.3 Å². The van der Waals surface area contributed by atoms with Crippen LogP contribution in [0.2, 0.25) is 0 Å². The molecule has 5 rings (SSSR count). The number of benzene rings is 4. The molecule has 4 aromatic carbocycles. The van der Waals surface area contributed by atoms with Crippen molar-refractivity contribution in [1.29, 1.82) is 0 Å². The average molecular weight is 666 g/mol. The number of sulfone groups is 1. The van der Waals surface area contributed by atoms with Crippen molar-refractivity contribution in [3.05, 3.63) is 114 Å². The molecule has 0 saturated carbocycles. The molecule has 1 N–H and O–H groups in total. The Kier molecular flexibility index (Phi) is 11.0. The summed E-state index contributed by atoms with van der Waals surface area (Å²) >= 11 is 0. The van der Waals surface area contributed by atoms with Crippen LogP contribution in [0.25, 0.3) is 22.2 Å². The van der Waals surface area contributed by atoms with Crippen LogP contribution in [0.3, 0.4) is 0 Å². The van der Waals surface area contributed by atoms with E-state index >= 15 is 0 Å². The molecule has 7 nitrogen and oxygen atoms in total. The third-order valence-corrected chi connectivity index (χ3v) is 10.2. The molecule has 0 atom stereocenters. The van der Waals surface area contributed by atoms with Crippen molar-refractivity contribution in [2.45, 2.75) is 90.3 Å². The van der Waals surface area contributed by atoms with Crippen LogP contribution >= 0.6 is 0 Å². The molecule has 48 heavy (non-hydrogen) atoms. The molecule has 8 heteroatoms. The highest BCUT2D eigenvalue weighted by molar-refractivity contribution is 7.91. The number of aromatic nitrogens is 2. The number of carbonyl (C=O) groups is 1. The number of fused-ring (bicyclic) bond motifs is 1. The second-order valence-corrected chi connectivity index (χ2v) is 15.4. The van der Waals surface area contributed by atoms with Crippen LogP contribution < -0.4 is 5.32 Å². The van der Waals surface area contributed by atoms with Crippen molar-refractivity contribution < 1.29 is 17.9 Å². The van der Waals surface area contributed by atoms with E-state index in [0.717, 1.165) is 70.5 Å². The molecule has 252 valence electrons. The monoisotopic (exact) mass is 665 g/mol. The van der Waals surface area contributed by atoms with E-state index in [1.807, 2.05) is 76.2 Å². The number of carbonyl (C=O) groups excluding carboxylic acids is 1. The number of aryl methyl sites for hydroxylation is 1. The summed E-state index contributed by atoms with van der Waals surface area (Å²) in [6.45, 7) is 10.8. The van der Waals surface area contributed by atoms with Gasteiger partial charge in [-0.05, 0) is 86.2 Å². The van der Waals surface area contributed by atoms with E-state index in [-0.39, 0.29) is 11.7 Å². The smallest absolute Gasteiger partial charge is 0.339 e. The highest BCUT2D eigenvalue weighted by Crippen LogP contribution is 2.28. The van der Waals surface area contributed by atoms with Gasteiger partial charge in [0.15, 0.2) is 9.84 Å². The van der Waals surface area contributed by atoms with Gasteiger partial charge in [-0.3, -0.25) is 0 Å².